The maximum Gasteiger partial charge on any atom is 0.254 e. The summed E-state index contributed by atoms with van der Waals surface area (Å²) < 4.78 is 39.6. The van der Waals surface area contributed by atoms with Gasteiger partial charge in [-0.15, -0.1) is 0 Å². The fourth-order valence-electron chi connectivity index (χ4n) is 2.85. The Hall–Kier alpha value is -2.83. The SMILES string of the molecule is O=C(Nc1ccc(F)cc1F)[C@H]1CCCN1C(=O)c1ccc(F)cc1. The summed E-state index contributed by atoms with van der Waals surface area (Å²) in [7, 11) is 0. The summed E-state index contributed by atoms with van der Waals surface area (Å²) in [5.41, 5.74) is 0.126. The lowest BCUT2D eigenvalue weighted by atomic mass is 10.1. The van der Waals surface area contributed by atoms with Crippen molar-refractivity contribution in [1.82, 2.24) is 4.90 Å². The van der Waals surface area contributed by atoms with Gasteiger partial charge in [0.25, 0.3) is 5.91 Å². The van der Waals surface area contributed by atoms with Gasteiger partial charge in [0.15, 0.2) is 0 Å². The monoisotopic (exact) mass is 348 g/mol. The molecule has 130 valence electrons. The molecule has 0 saturated carbocycles. The van der Waals surface area contributed by atoms with Crippen molar-refractivity contribution < 1.29 is 22.8 Å². The van der Waals surface area contributed by atoms with E-state index in [1.54, 1.807) is 0 Å². The van der Waals surface area contributed by atoms with Crippen LogP contribution in [0, 0.1) is 17.5 Å². The van der Waals surface area contributed by atoms with Gasteiger partial charge in [-0.3, -0.25) is 9.59 Å². The van der Waals surface area contributed by atoms with Crippen molar-refractivity contribution in [2.75, 3.05) is 11.9 Å². The Labute approximate surface area is 142 Å². The lowest BCUT2D eigenvalue weighted by molar-refractivity contribution is -0.119. The van der Waals surface area contributed by atoms with E-state index in [4.69, 9.17) is 0 Å². The van der Waals surface area contributed by atoms with Crippen LogP contribution in [0.2, 0.25) is 0 Å². The number of halogens is 3. The first-order valence-corrected chi connectivity index (χ1v) is 7.78. The molecule has 0 radical (unpaired) electrons. The highest BCUT2D eigenvalue weighted by Crippen LogP contribution is 2.23. The number of rotatable bonds is 3. The van der Waals surface area contributed by atoms with Crippen molar-refractivity contribution in [3.8, 4) is 0 Å². The molecule has 2 aromatic carbocycles. The molecular formula is C18H15F3N2O2. The molecule has 7 heteroatoms. The summed E-state index contributed by atoms with van der Waals surface area (Å²) in [6, 6.07) is 7.12. The van der Waals surface area contributed by atoms with E-state index in [1.807, 2.05) is 0 Å². The Morgan fingerprint density at radius 2 is 1.68 bits per heavy atom. The molecule has 0 aromatic heterocycles. The van der Waals surface area contributed by atoms with Crippen molar-refractivity contribution >= 4 is 17.5 Å². The molecule has 0 spiro atoms. The van der Waals surface area contributed by atoms with Gasteiger partial charge in [0.1, 0.15) is 23.5 Å². The lowest BCUT2D eigenvalue weighted by Gasteiger charge is -2.24. The molecule has 1 aliphatic heterocycles. The number of nitrogens with one attached hydrogen (secondary N) is 1. The van der Waals surface area contributed by atoms with Crippen molar-refractivity contribution in [2.24, 2.45) is 0 Å². The number of likely N-dealkylation sites (tertiary alicyclic amines) is 1. The van der Waals surface area contributed by atoms with E-state index in [-0.39, 0.29) is 11.3 Å². The number of hydrogen-bond acceptors (Lipinski definition) is 2. The second kappa shape index (κ2) is 6.96. The quantitative estimate of drug-likeness (QED) is 0.925. The second-order valence-electron chi connectivity index (χ2n) is 5.78. The van der Waals surface area contributed by atoms with E-state index < -0.39 is 35.3 Å². The van der Waals surface area contributed by atoms with Crippen molar-refractivity contribution in [2.45, 2.75) is 18.9 Å². The predicted octanol–water partition coefficient (Wildman–Crippen LogP) is 3.35. The molecule has 1 saturated heterocycles. The third-order valence-electron chi connectivity index (χ3n) is 4.10. The van der Waals surface area contributed by atoms with Gasteiger partial charge in [-0.2, -0.15) is 0 Å². The van der Waals surface area contributed by atoms with Gasteiger partial charge in [-0.05, 0) is 49.2 Å². The molecule has 2 amide bonds. The fraction of sp³-hybridized carbons (Fsp3) is 0.222. The minimum Gasteiger partial charge on any atom is -0.327 e. The maximum absolute atomic E-state index is 13.7. The average molecular weight is 348 g/mol. The molecule has 1 heterocycles. The molecule has 4 nitrogen and oxygen atoms in total. The van der Waals surface area contributed by atoms with Gasteiger partial charge in [-0.1, -0.05) is 0 Å². The Kier molecular flexibility index (Phi) is 4.74. The average Bonchev–Trinajstić information content (AvgIpc) is 3.07. The van der Waals surface area contributed by atoms with E-state index in [0.29, 0.717) is 25.5 Å². The van der Waals surface area contributed by atoms with Crippen molar-refractivity contribution in [1.29, 1.82) is 0 Å². The number of carbonyl (C=O) groups is 2. The van der Waals surface area contributed by atoms with Gasteiger partial charge < -0.3 is 10.2 Å². The summed E-state index contributed by atoms with van der Waals surface area (Å²) in [5, 5.41) is 2.39. The van der Waals surface area contributed by atoms with Gasteiger partial charge >= 0.3 is 0 Å². The smallest absolute Gasteiger partial charge is 0.254 e. The van der Waals surface area contributed by atoms with Gasteiger partial charge in [0, 0.05) is 18.2 Å². The normalized spacial score (nSPS) is 16.8. The number of amides is 2. The first-order chi connectivity index (χ1) is 12.0. The van der Waals surface area contributed by atoms with Gasteiger partial charge in [-0.25, -0.2) is 13.2 Å². The third kappa shape index (κ3) is 3.65. The molecule has 1 atom stereocenters. The molecule has 2 aromatic rings. The van der Waals surface area contributed by atoms with Gasteiger partial charge in [0.2, 0.25) is 5.91 Å². The topological polar surface area (TPSA) is 49.4 Å². The van der Waals surface area contributed by atoms with Crippen LogP contribution in [-0.2, 0) is 4.79 Å². The van der Waals surface area contributed by atoms with Crippen LogP contribution in [0.15, 0.2) is 42.5 Å². The van der Waals surface area contributed by atoms with Crippen LogP contribution in [-0.4, -0.2) is 29.3 Å². The zero-order valence-electron chi connectivity index (χ0n) is 13.1. The van der Waals surface area contributed by atoms with E-state index in [9.17, 15) is 22.8 Å². The second-order valence-corrected chi connectivity index (χ2v) is 5.78. The number of nitrogens with zero attached hydrogens (tertiary/aromatic N) is 1. The van der Waals surface area contributed by atoms with Crippen LogP contribution < -0.4 is 5.32 Å². The van der Waals surface area contributed by atoms with Crippen molar-refractivity contribution in [3.05, 3.63) is 65.5 Å². The van der Waals surface area contributed by atoms with E-state index in [2.05, 4.69) is 5.32 Å². The zero-order chi connectivity index (χ0) is 18.0. The molecule has 0 aliphatic carbocycles. The summed E-state index contributed by atoms with van der Waals surface area (Å²) in [6.45, 7) is 0.375. The predicted molar refractivity (Wildman–Crippen MR) is 85.4 cm³/mol. The number of hydrogen-bond donors (Lipinski definition) is 1. The summed E-state index contributed by atoms with van der Waals surface area (Å²) in [6.07, 6.45) is 1.05. The lowest BCUT2D eigenvalue weighted by Crippen LogP contribution is -2.43. The Morgan fingerprint density at radius 1 is 1.00 bits per heavy atom. The van der Waals surface area contributed by atoms with E-state index in [1.165, 1.54) is 29.2 Å². The molecule has 1 N–H and O–H groups in total. The van der Waals surface area contributed by atoms with Crippen LogP contribution in [0.5, 0.6) is 0 Å². The largest absolute Gasteiger partial charge is 0.327 e. The highest BCUT2D eigenvalue weighted by Gasteiger charge is 2.34. The minimum atomic E-state index is -0.886. The fourth-order valence-corrected chi connectivity index (χ4v) is 2.85. The molecule has 1 fully saturated rings. The summed E-state index contributed by atoms with van der Waals surface area (Å²) in [5.74, 6) is -3.03. The molecule has 1 aliphatic rings. The number of anilines is 1. The maximum atomic E-state index is 13.7. The van der Waals surface area contributed by atoms with Gasteiger partial charge in [0.05, 0.1) is 5.69 Å². The van der Waals surface area contributed by atoms with E-state index in [0.717, 1.165) is 12.1 Å². The van der Waals surface area contributed by atoms with E-state index >= 15 is 0 Å². The highest BCUT2D eigenvalue weighted by molar-refractivity contribution is 6.01. The third-order valence-corrected chi connectivity index (χ3v) is 4.10. The molecule has 3 rings (SSSR count). The minimum absolute atomic E-state index is 0.146. The summed E-state index contributed by atoms with van der Waals surface area (Å²) in [4.78, 5) is 26.3. The van der Waals surface area contributed by atoms with Crippen LogP contribution in [0.3, 0.4) is 0 Å². The van der Waals surface area contributed by atoms with Crippen LogP contribution >= 0.6 is 0 Å². The standard InChI is InChI=1S/C18H15F3N2O2/c19-12-5-3-11(4-6-12)18(25)23-9-1-2-16(23)17(24)22-15-8-7-13(20)10-14(15)21/h3-8,10,16H,1-2,9H2,(H,22,24)/t16-/m1/s1. The highest BCUT2D eigenvalue weighted by atomic mass is 19.1. The first-order valence-electron chi connectivity index (χ1n) is 7.78. The van der Waals surface area contributed by atoms with Crippen LogP contribution in [0.1, 0.15) is 23.2 Å². The first kappa shape index (κ1) is 17.0. The van der Waals surface area contributed by atoms with Crippen LogP contribution in [0.25, 0.3) is 0 Å². The van der Waals surface area contributed by atoms with Crippen LogP contribution in [0.4, 0.5) is 18.9 Å². The number of benzene rings is 2. The Bertz CT molecular complexity index is 808. The molecule has 25 heavy (non-hydrogen) atoms. The zero-order valence-corrected chi connectivity index (χ0v) is 13.1. The molecule has 0 bridgehead atoms. The number of carbonyl (C=O) groups excluding carboxylic acids is 2. The van der Waals surface area contributed by atoms with Crippen molar-refractivity contribution in [3.63, 3.8) is 0 Å². The summed E-state index contributed by atoms with van der Waals surface area (Å²) >= 11 is 0. The Morgan fingerprint density at radius 3 is 2.36 bits per heavy atom. The Balaban J connectivity index is 1.75. The molecular weight excluding hydrogens is 333 g/mol. The molecule has 0 unspecified atom stereocenters.